The molecule has 2 rings (SSSR count). The van der Waals surface area contributed by atoms with Gasteiger partial charge in [-0.1, -0.05) is 17.7 Å². The van der Waals surface area contributed by atoms with Gasteiger partial charge in [0.25, 0.3) is 0 Å². The molecule has 29 heavy (non-hydrogen) atoms. The number of nitrogens with one attached hydrogen (secondary N) is 1. The number of carbonyl (C=O) groups is 1. The Morgan fingerprint density at radius 3 is 2.55 bits per heavy atom. The molecule has 1 heterocycles. The van der Waals surface area contributed by atoms with Crippen LogP contribution in [-0.2, 0) is 19.6 Å². The van der Waals surface area contributed by atoms with E-state index >= 15 is 0 Å². The molecule has 1 fully saturated rings. The average Bonchev–Trinajstić information content (AvgIpc) is 3.10. The van der Waals surface area contributed by atoms with Crippen molar-refractivity contribution >= 4 is 15.9 Å². The number of sulfonamides is 1. The average molecular weight is 426 g/mol. The van der Waals surface area contributed by atoms with Crippen LogP contribution in [0.4, 0.5) is 0 Å². The second kappa shape index (κ2) is 10.5. The quantitative estimate of drug-likeness (QED) is 0.579. The summed E-state index contributed by atoms with van der Waals surface area (Å²) in [4.78, 5) is 14.2. The number of rotatable bonds is 10. The van der Waals surface area contributed by atoms with Gasteiger partial charge in [-0.05, 0) is 64.8 Å². The summed E-state index contributed by atoms with van der Waals surface area (Å²) in [6.45, 7) is 7.87. The van der Waals surface area contributed by atoms with Gasteiger partial charge in [0.15, 0.2) is 0 Å². The Balaban J connectivity index is 1.99. The normalized spacial score (nSPS) is 17.6. The number of ether oxygens (including phenoxy) is 1. The Morgan fingerprint density at radius 1 is 1.28 bits per heavy atom. The molecule has 1 N–H and O–H groups in total. The van der Waals surface area contributed by atoms with Crippen LogP contribution in [0.1, 0.15) is 36.0 Å². The minimum Gasteiger partial charge on any atom is -0.370 e. The molecular weight excluding hydrogens is 390 g/mol. The van der Waals surface area contributed by atoms with Crippen molar-refractivity contribution in [2.24, 2.45) is 0 Å². The van der Waals surface area contributed by atoms with Crippen LogP contribution >= 0.6 is 0 Å². The molecule has 0 unspecified atom stereocenters. The number of hydrogen-bond acceptors (Lipinski definition) is 5. The lowest BCUT2D eigenvalue weighted by atomic mass is 10.1. The van der Waals surface area contributed by atoms with Crippen LogP contribution in [0.2, 0.25) is 0 Å². The van der Waals surface area contributed by atoms with Crippen molar-refractivity contribution in [1.82, 2.24) is 14.5 Å². The van der Waals surface area contributed by atoms with Crippen LogP contribution in [0.15, 0.2) is 17.0 Å². The fraction of sp³-hybridized carbons (Fsp3) is 0.667. The molecule has 1 saturated heterocycles. The van der Waals surface area contributed by atoms with Crippen LogP contribution < -0.4 is 5.32 Å². The molecule has 1 amide bonds. The van der Waals surface area contributed by atoms with E-state index in [0.29, 0.717) is 18.0 Å². The van der Waals surface area contributed by atoms with Crippen molar-refractivity contribution in [1.29, 1.82) is 0 Å². The molecule has 1 atom stereocenters. The maximum absolute atomic E-state index is 13.3. The molecule has 1 aliphatic heterocycles. The first-order chi connectivity index (χ1) is 13.7. The largest absolute Gasteiger partial charge is 0.370 e. The van der Waals surface area contributed by atoms with Crippen molar-refractivity contribution in [2.45, 2.75) is 51.0 Å². The van der Waals surface area contributed by atoms with Gasteiger partial charge in [-0.25, -0.2) is 8.42 Å². The summed E-state index contributed by atoms with van der Waals surface area (Å²) in [5, 5.41) is 3.05. The highest BCUT2D eigenvalue weighted by molar-refractivity contribution is 7.89. The molecule has 7 nitrogen and oxygen atoms in total. The second-order valence-corrected chi connectivity index (χ2v) is 9.75. The smallest absolute Gasteiger partial charge is 0.248 e. The highest BCUT2D eigenvalue weighted by Crippen LogP contribution is 2.30. The minimum atomic E-state index is -3.60. The number of amides is 1. The highest BCUT2D eigenvalue weighted by Gasteiger charge is 2.37. The summed E-state index contributed by atoms with van der Waals surface area (Å²) in [6.07, 6.45) is 2.42. The van der Waals surface area contributed by atoms with Gasteiger partial charge in [0, 0.05) is 26.2 Å². The zero-order valence-electron chi connectivity index (χ0n) is 18.3. The summed E-state index contributed by atoms with van der Waals surface area (Å²) in [5.74, 6) is -0.0845. The van der Waals surface area contributed by atoms with Gasteiger partial charge in [-0.15, -0.1) is 0 Å². The lowest BCUT2D eigenvalue weighted by Crippen LogP contribution is -2.40. The Kier molecular flexibility index (Phi) is 8.63. The molecule has 0 bridgehead atoms. The number of carbonyl (C=O) groups excluding carboxylic acids is 1. The molecule has 8 heteroatoms. The van der Waals surface area contributed by atoms with E-state index in [1.807, 2.05) is 40.0 Å². The first-order valence-corrected chi connectivity index (χ1v) is 11.7. The lowest BCUT2D eigenvalue weighted by Gasteiger charge is -2.26. The molecular formula is C21H35N3O4S. The number of benzene rings is 1. The van der Waals surface area contributed by atoms with Crippen molar-refractivity contribution in [3.63, 3.8) is 0 Å². The predicted molar refractivity (Wildman–Crippen MR) is 115 cm³/mol. The van der Waals surface area contributed by atoms with E-state index in [9.17, 15) is 13.2 Å². The topological polar surface area (TPSA) is 79.0 Å². The molecule has 0 saturated carbocycles. The van der Waals surface area contributed by atoms with E-state index < -0.39 is 10.0 Å². The zero-order valence-corrected chi connectivity index (χ0v) is 19.1. The van der Waals surface area contributed by atoms with Gasteiger partial charge in [-0.2, -0.15) is 4.31 Å². The Bertz CT molecular complexity index is 787. The third kappa shape index (κ3) is 6.01. The molecule has 0 aromatic heterocycles. The van der Waals surface area contributed by atoms with E-state index in [2.05, 4.69) is 5.32 Å². The third-order valence-corrected chi connectivity index (χ3v) is 7.63. The van der Waals surface area contributed by atoms with Crippen LogP contribution in [-0.4, -0.2) is 76.5 Å². The molecule has 1 aromatic carbocycles. The van der Waals surface area contributed by atoms with Gasteiger partial charge in [0.05, 0.1) is 11.5 Å². The lowest BCUT2D eigenvalue weighted by molar-refractivity contribution is -0.135. The van der Waals surface area contributed by atoms with Crippen molar-refractivity contribution < 1.29 is 17.9 Å². The van der Waals surface area contributed by atoms with Gasteiger partial charge in [0.2, 0.25) is 15.9 Å². The first-order valence-electron chi connectivity index (χ1n) is 10.2. The highest BCUT2D eigenvalue weighted by atomic mass is 32.2. The fourth-order valence-corrected chi connectivity index (χ4v) is 6.09. The Labute approximate surface area is 175 Å². The van der Waals surface area contributed by atoms with E-state index in [0.717, 1.165) is 42.5 Å². The van der Waals surface area contributed by atoms with Gasteiger partial charge in [0.1, 0.15) is 6.61 Å². The van der Waals surface area contributed by atoms with Crippen LogP contribution in [0, 0.1) is 20.8 Å². The summed E-state index contributed by atoms with van der Waals surface area (Å²) < 4.78 is 33.9. The van der Waals surface area contributed by atoms with Crippen LogP contribution in [0.5, 0.6) is 0 Å². The monoisotopic (exact) mass is 425 g/mol. The SMILES string of the molecule is CNCCCN(C)C(=O)COC[C@@H]1CCCN1S(=O)(=O)c1c(C)cc(C)cc1C. The standard InChI is InChI=1S/C21H35N3O4S/c1-16-12-17(2)21(18(3)13-16)29(26,27)24-11-6-8-19(24)14-28-15-20(25)23(5)10-7-9-22-4/h12-13,19,22H,6-11,14-15H2,1-5H3/t19-/m0/s1. The van der Waals surface area contributed by atoms with E-state index in [1.165, 1.54) is 0 Å². The molecule has 1 aliphatic rings. The number of likely N-dealkylation sites (N-methyl/N-ethyl adjacent to an activating group) is 1. The van der Waals surface area contributed by atoms with Gasteiger partial charge >= 0.3 is 0 Å². The van der Waals surface area contributed by atoms with E-state index in [1.54, 1.807) is 16.3 Å². The first kappa shape index (κ1) is 23.8. The summed E-state index contributed by atoms with van der Waals surface area (Å²) in [6, 6.07) is 3.58. The fourth-order valence-electron chi connectivity index (χ4n) is 3.99. The summed E-state index contributed by atoms with van der Waals surface area (Å²) >= 11 is 0. The van der Waals surface area contributed by atoms with Gasteiger partial charge < -0.3 is 15.0 Å². The van der Waals surface area contributed by atoms with E-state index in [-0.39, 0.29) is 25.2 Å². The number of aryl methyl sites for hydroxylation is 3. The van der Waals surface area contributed by atoms with Crippen LogP contribution in [0.3, 0.4) is 0 Å². The van der Waals surface area contributed by atoms with Gasteiger partial charge in [-0.3, -0.25) is 4.79 Å². The van der Waals surface area contributed by atoms with Crippen LogP contribution in [0.25, 0.3) is 0 Å². The van der Waals surface area contributed by atoms with Crippen molar-refractivity contribution in [3.05, 3.63) is 28.8 Å². The zero-order chi connectivity index (χ0) is 21.6. The molecule has 0 aliphatic carbocycles. The second-order valence-electron chi connectivity index (χ2n) is 7.93. The molecule has 1 aromatic rings. The summed E-state index contributed by atoms with van der Waals surface area (Å²) in [5.41, 5.74) is 2.59. The van der Waals surface area contributed by atoms with E-state index in [4.69, 9.17) is 4.74 Å². The molecule has 0 radical (unpaired) electrons. The summed E-state index contributed by atoms with van der Waals surface area (Å²) in [7, 11) is 0.0446. The Morgan fingerprint density at radius 2 is 1.93 bits per heavy atom. The number of hydrogen-bond donors (Lipinski definition) is 1. The molecule has 164 valence electrons. The maximum Gasteiger partial charge on any atom is 0.248 e. The molecule has 0 spiro atoms. The van der Waals surface area contributed by atoms with Crippen molar-refractivity contribution in [2.75, 3.05) is 46.9 Å². The Hall–Kier alpha value is -1.48. The van der Waals surface area contributed by atoms with Crippen molar-refractivity contribution in [3.8, 4) is 0 Å². The maximum atomic E-state index is 13.3. The number of nitrogens with zero attached hydrogens (tertiary/aromatic N) is 2. The minimum absolute atomic E-state index is 0.0248. The third-order valence-electron chi connectivity index (χ3n) is 5.38. The predicted octanol–water partition coefficient (Wildman–Crippen LogP) is 1.85.